The zero-order valence-corrected chi connectivity index (χ0v) is 13.7. The van der Waals surface area contributed by atoms with Crippen molar-refractivity contribution in [2.75, 3.05) is 19.0 Å². The van der Waals surface area contributed by atoms with E-state index < -0.39 is 0 Å². The minimum atomic E-state index is 0.655. The molecule has 0 fully saturated rings. The highest BCUT2D eigenvalue weighted by Crippen LogP contribution is 2.25. The second-order valence-electron chi connectivity index (χ2n) is 4.14. The van der Waals surface area contributed by atoms with Gasteiger partial charge in [0.25, 0.3) is 0 Å². The summed E-state index contributed by atoms with van der Waals surface area (Å²) in [5, 5.41) is 4.06. The van der Waals surface area contributed by atoms with Crippen molar-refractivity contribution in [1.82, 2.24) is 9.55 Å². The van der Waals surface area contributed by atoms with Crippen LogP contribution in [0.3, 0.4) is 0 Å². The molecule has 2 rings (SSSR count). The first-order valence-corrected chi connectivity index (χ1v) is 7.30. The van der Waals surface area contributed by atoms with Crippen LogP contribution in [0.2, 0.25) is 5.02 Å². The van der Waals surface area contributed by atoms with Gasteiger partial charge in [-0.1, -0.05) is 11.6 Å². The number of imidazole rings is 1. The molecule has 2 aromatic rings. The third-order valence-electron chi connectivity index (χ3n) is 2.61. The van der Waals surface area contributed by atoms with Gasteiger partial charge in [-0.05, 0) is 47.7 Å². The maximum atomic E-state index is 5.95. The number of aromatic nitrogens is 2. The number of nitrogens with one attached hydrogen (secondary N) is 1. The van der Waals surface area contributed by atoms with Gasteiger partial charge < -0.3 is 14.6 Å². The first-order chi connectivity index (χ1) is 9.10. The average molecular weight is 392 g/mol. The van der Waals surface area contributed by atoms with Gasteiger partial charge in [0.05, 0.1) is 18.0 Å². The van der Waals surface area contributed by atoms with Gasteiger partial charge in [-0.25, -0.2) is 4.98 Å². The van der Waals surface area contributed by atoms with Crippen molar-refractivity contribution in [2.24, 2.45) is 0 Å². The van der Waals surface area contributed by atoms with Gasteiger partial charge in [0, 0.05) is 28.4 Å². The lowest BCUT2D eigenvalue weighted by Crippen LogP contribution is -2.07. The molecular weight excluding hydrogens is 377 g/mol. The molecule has 0 saturated heterocycles. The summed E-state index contributed by atoms with van der Waals surface area (Å²) >= 11 is 8.21. The van der Waals surface area contributed by atoms with Crippen LogP contribution in [0.4, 0.5) is 11.6 Å². The molecule has 1 aromatic heterocycles. The van der Waals surface area contributed by atoms with Crippen molar-refractivity contribution < 1.29 is 4.74 Å². The number of aryl methyl sites for hydroxylation is 1. The molecule has 1 heterocycles. The van der Waals surface area contributed by atoms with Gasteiger partial charge >= 0.3 is 0 Å². The third kappa shape index (κ3) is 3.84. The fourth-order valence-electron chi connectivity index (χ4n) is 1.72. The molecule has 1 N–H and O–H groups in total. The van der Waals surface area contributed by atoms with Gasteiger partial charge in [-0.15, -0.1) is 0 Å². The van der Waals surface area contributed by atoms with Crippen molar-refractivity contribution in [3.63, 3.8) is 0 Å². The standard InChI is InChI=1S/C13H15ClIN3O/c1-9-8-18(5-6-19-2)13(16-9)17-12-4-3-10(14)7-11(12)15/h3-4,7-8H,5-6H2,1-2H3,(H,16,17). The molecule has 0 amide bonds. The highest BCUT2D eigenvalue weighted by Gasteiger charge is 2.08. The molecule has 6 heteroatoms. The monoisotopic (exact) mass is 391 g/mol. The SMILES string of the molecule is COCCn1cc(C)nc1Nc1ccc(Cl)cc1I. The molecule has 0 unspecified atom stereocenters. The van der Waals surface area contributed by atoms with Crippen LogP contribution in [0.25, 0.3) is 0 Å². The average Bonchev–Trinajstić information content (AvgIpc) is 2.70. The van der Waals surface area contributed by atoms with Gasteiger partial charge in [0.15, 0.2) is 0 Å². The smallest absolute Gasteiger partial charge is 0.207 e. The summed E-state index contributed by atoms with van der Waals surface area (Å²) in [5.41, 5.74) is 1.97. The minimum Gasteiger partial charge on any atom is -0.383 e. The topological polar surface area (TPSA) is 39.1 Å². The van der Waals surface area contributed by atoms with E-state index in [0.717, 1.165) is 32.5 Å². The number of hydrogen-bond donors (Lipinski definition) is 1. The molecule has 0 radical (unpaired) electrons. The van der Waals surface area contributed by atoms with E-state index in [0.29, 0.717) is 6.61 Å². The third-order valence-corrected chi connectivity index (χ3v) is 3.74. The summed E-state index contributed by atoms with van der Waals surface area (Å²) in [6.45, 7) is 3.40. The molecule has 0 aliphatic heterocycles. The number of methoxy groups -OCH3 is 1. The van der Waals surface area contributed by atoms with E-state index in [1.165, 1.54) is 0 Å². The Hall–Kier alpha value is -0.790. The molecule has 0 saturated carbocycles. The van der Waals surface area contributed by atoms with Gasteiger partial charge in [0.1, 0.15) is 0 Å². The van der Waals surface area contributed by atoms with Crippen LogP contribution in [0.15, 0.2) is 24.4 Å². The van der Waals surface area contributed by atoms with Gasteiger partial charge in [0.2, 0.25) is 5.95 Å². The summed E-state index contributed by atoms with van der Waals surface area (Å²) < 4.78 is 8.21. The highest BCUT2D eigenvalue weighted by atomic mass is 127. The molecule has 0 bridgehead atoms. The predicted molar refractivity (Wildman–Crippen MR) is 86.3 cm³/mol. The van der Waals surface area contributed by atoms with Crippen molar-refractivity contribution >= 4 is 45.8 Å². The van der Waals surface area contributed by atoms with E-state index in [4.69, 9.17) is 16.3 Å². The fourth-order valence-corrected chi connectivity index (χ4v) is 2.72. The number of benzene rings is 1. The summed E-state index contributed by atoms with van der Waals surface area (Å²) in [6, 6.07) is 5.73. The summed E-state index contributed by atoms with van der Waals surface area (Å²) in [4.78, 5) is 4.48. The molecule has 0 atom stereocenters. The lowest BCUT2D eigenvalue weighted by molar-refractivity contribution is 0.188. The molecule has 0 aliphatic rings. The van der Waals surface area contributed by atoms with Crippen LogP contribution in [-0.4, -0.2) is 23.3 Å². The van der Waals surface area contributed by atoms with Crippen molar-refractivity contribution in [1.29, 1.82) is 0 Å². The van der Waals surface area contributed by atoms with Crippen LogP contribution < -0.4 is 5.32 Å². The Labute approximate surface area is 131 Å². The van der Waals surface area contributed by atoms with E-state index >= 15 is 0 Å². The summed E-state index contributed by atoms with van der Waals surface area (Å²) in [6.07, 6.45) is 2.00. The van der Waals surface area contributed by atoms with Crippen LogP contribution in [0.5, 0.6) is 0 Å². The van der Waals surface area contributed by atoms with E-state index in [-0.39, 0.29) is 0 Å². The van der Waals surface area contributed by atoms with E-state index in [1.54, 1.807) is 7.11 Å². The molecular formula is C13H15ClIN3O. The molecule has 0 spiro atoms. The summed E-state index contributed by atoms with van der Waals surface area (Å²) in [7, 11) is 1.69. The minimum absolute atomic E-state index is 0.655. The normalized spacial score (nSPS) is 10.7. The second-order valence-corrected chi connectivity index (χ2v) is 5.74. The Morgan fingerprint density at radius 1 is 1.47 bits per heavy atom. The number of ether oxygens (including phenoxy) is 1. The second kappa shape index (κ2) is 6.58. The van der Waals surface area contributed by atoms with Crippen molar-refractivity contribution in [3.05, 3.63) is 38.7 Å². The molecule has 4 nitrogen and oxygen atoms in total. The molecule has 1 aromatic carbocycles. The number of halogens is 2. The Morgan fingerprint density at radius 2 is 2.26 bits per heavy atom. The maximum absolute atomic E-state index is 5.95. The van der Waals surface area contributed by atoms with Crippen molar-refractivity contribution in [2.45, 2.75) is 13.5 Å². The lowest BCUT2D eigenvalue weighted by Gasteiger charge is -2.10. The number of anilines is 2. The van der Waals surface area contributed by atoms with E-state index in [1.807, 2.05) is 35.9 Å². The first-order valence-electron chi connectivity index (χ1n) is 5.85. The first kappa shape index (κ1) is 14.6. The zero-order valence-electron chi connectivity index (χ0n) is 10.8. The van der Waals surface area contributed by atoms with E-state index in [2.05, 4.69) is 32.9 Å². The quantitative estimate of drug-likeness (QED) is 0.787. The Kier molecular flexibility index (Phi) is 5.06. The fraction of sp³-hybridized carbons (Fsp3) is 0.308. The molecule has 19 heavy (non-hydrogen) atoms. The molecule has 0 aliphatic carbocycles. The van der Waals surface area contributed by atoms with Gasteiger partial charge in [-0.3, -0.25) is 0 Å². The van der Waals surface area contributed by atoms with Crippen LogP contribution in [-0.2, 0) is 11.3 Å². The number of rotatable bonds is 5. The van der Waals surface area contributed by atoms with Gasteiger partial charge in [-0.2, -0.15) is 0 Å². The largest absolute Gasteiger partial charge is 0.383 e. The van der Waals surface area contributed by atoms with Crippen LogP contribution >= 0.6 is 34.2 Å². The maximum Gasteiger partial charge on any atom is 0.207 e. The predicted octanol–water partition coefficient (Wildman–Crippen LogP) is 3.84. The Bertz CT molecular complexity index is 571. The van der Waals surface area contributed by atoms with Crippen molar-refractivity contribution in [3.8, 4) is 0 Å². The zero-order chi connectivity index (χ0) is 13.8. The van der Waals surface area contributed by atoms with Crippen LogP contribution in [0.1, 0.15) is 5.69 Å². The number of nitrogens with zero attached hydrogens (tertiary/aromatic N) is 2. The highest BCUT2D eigenvalue weighted by molar-refractivity contribution is 14.1. The van der Waals surface area contributed by atoms with Crippen LogP contribution in [0, 0.1) is 10.5 Å². The Balaban J connectivity index is 2.22. The summed E-state index contributed by atoms with van der Waals surface area (Å²) in [5.74, 6) is 0.815. The number of hydrogen-bond acceptors (Lipinski definition) is 3. The van der Waals surface area contributed by atoms with E-state index in [9.17, 15) is 0 Å². The molecule has 102 valence electrons. The Morgan fingerprint density at radius 3 is 2.95 bits per heavy atom. The lowest BCUT2D eigenvalue weighted by atomic mass is 10.3.